The van der Waals surface area contributed by atoms with Crippen molar-refractivity contribution in [1.82, 2.24) is 10.2 Å². The molecule has 1 N–H and O–H groups in total. The van der Waals surface area contributed by atoms with Crippen molar-refractivity contribution in [1.29, 1.82) is 0 Å². The Labute approximate surface area is 104 Å². The predicted molar refractivity (Wildman–Crippen MR) is 66.9 cm³/mol. The van der Waals surface area contributed by atoms with Gasteiger partial charge in [0, 0.05) is 25.7 Å². The first kappa shape index (κ1) is 12.8. The fourth-order valence-electron chi connectivity index (χ4n) is 2.70. The summed E-state index contributed by atoms with van der Waals surface area (Å²) in [4.78, 5) is 14.2. The SMILES string of the molecule is CCN(CC1CCCCN1)C(=O)[C@@H]1CCCO1. The van der Waals surface area contributed by atoms with Crippen molar-refractivity contribution in [3.63, 3.8) is 0 Å². The Bertz CT molecular complexity index is 246. The summed E-state index contributed by atoms with van der Waals surface area (Å²) in [6.07, 6.45) is 5.49. The van der Waals surface area contributed by atoms with E-state index >= 15 is 0 Å². The lowest BCUT2D eigenvalue weighted by molar-refractivity contribution is -0.141. The highest BCUT2D eigenvalue weighted by Crippen LogP contribution is 2.16. The Morgan fingerprint density at radius 1 is 1.35 bits per heavy atom. The second-order valence-corrected chi connectivity index (χ2v) is 5.03. The van der Waals surface area contributed by atoms with Crippen molar-refractivity contribution in [2.24, 2.45) is 0 Å². The van der Waals surface area contributed by atoms with Crippen molar-refractivity contribution in [2.45, 2.75) is 51.2 Å². The maximum Gasteiger partial charge on any atom is 0.251 e. The molecule has 4 heteroatoms. The minimum Gasteiger partial charge on any atom is -0.368 e. The number of carbonyl (C=O) groups excluding carboxylic acids is 1. The number of likely N-dealkylation sites (N-methyl/N-ethyl adjacent to an activating group) is 1. The lowest BCUT2D eigenvalue weighted by atomic mass is 10.0. The van der Waals surface area contributed by atoms with E-state index in [4.69, 9.17) is 4.74 Å². The van der Waals surface area contributed by atoms with Crippen LogP contribution in [0.3, 0.4) is 0 Å². The van der Waals surface area contributed by atoms with E-state index in [2.05, 4.69) is 12.2 Å². The van der Waals surface area contributed by atoms with Crippen LogP contribution in [0.2, 0.25) is 0 Å². The lowest BCUT2D eigenvalue weighted by Gasteiger charge is -2.31. The molecule has 2 aliphatic rings. The number of rotatable bonds is 4. The number of amides is 1. The van der Waals surface area contributed by atoms with E-state index in [1.165, 1.54) is 19.3 Å². The molecule has 0 radical (unpaired) electrons. The summed E-state index contributed by atoms with van der Waals surface area (Å²) in [5.41, 5.74) is 0. The van der Waals surface area contributed by atoms with Gasteiger partial charge in [0.15, 0.2) is 0 Å². The van der Waals surface area contributed by atoms with Crippen molar-refractivity contribution in [3.05, 3.63) is 0 Å². The normalized spacial score (nSPS) is 29.2. The highest BCUT2D eigenvalue weighted by Gasteiger charge is 2.28. The number of ether oxygens (including phenoxy) is 1. The molecule has 17 heavy (non-hydrogen) atoms. The third kappa shape index (κ3) is 3.42. The van der Waals surface area contributed by atoms with Gasteiger partial charge in [-0.05, 0) is 39.2 Å². The van der Waals surface area contributed by atoms with Crippen LogP contribution in [-0.4, -0.2) is 49.2 Å². The van der Waals surface area contributed by atoms with E-state index in [0.29, 0.717) is 6.04 Å². The standard InChI is InChI=1S/C13H24N2O2/c1-2-15(10-11-6-3-4-8-14-11)13(16)12-7-5-9-17-12/h11-12,14H,2-10H2,1H3/t11?,12-/m0/s1. The predicted octanol–water partition coefficient (Wildman–Crippen LogP) is 1.16. The summed E-state index contributed by atoms with van der Waals surface area (Å²) in [5.74, 6) is 0.192. The van der Waals surface area contributed by atoms with E-state index in [0.717, 1.165) is 39.1 Å². The molecule has 2 rings (SSSR count). The first-order valence-electron chi connectivity index (χ1n) is 6.95. The van der Waals surface area contributed by atoms with Crippen molar-refractivity contribution >= 4 is 5.91 Å². The molecule has 0 spiro atoms. The van der Waals surface area contributed by atoms with Crippen LogP contribution in [0, 0.1) is 0 Å². The lowest BCUT2D eigenvalue weighted by Crippen LogP contribution is -2.48. The summed E-state index contributed by atoms with van der Waals surface area (Å²) in [6.45, 7) is 5.52. The summed E-state index contributed by atoms with van der Waals surface area (Å²) in [5, 5.41) is 3.49. The van der Waals surface area contributed by atoms with Gasteiger partial charge in [0.2, 0.25) is 0 Å². The van der Waals surface area contributed by atoms with Gasteiger partial charge < -0.3 is 15.0 Å². The van der Waals surface area contributed by atoms with Gasteiger partial charge >= 0.3 is 0 Å². The largest absolute Gasteiger partial charge is 0.368 e. The third-order valence-corrected chi connectivity index (χ3v) is 3.75. The summed E-state index contributed by atoms with van der Waals surface area (Å²) in [7, 11) is 0. The van der Waals surface area contributed by atoms with Crippen molar-refractivity contribution in [3.8, 4) is 0 Å². The highest BCUT2D eigenvalue weighted by atomic mass is 16.5. The second kappa shape index (κ2) is 6.36. The Hall–Kier alpha value is -0.610. The van der Waals surface area contributed by atoms with Crippen LogP contribution in [0.1, 0.15) is 39.0 Å². The van der Waals surface area contributed by atoms with E-state index in [9.17, 15) is 4.79 Å². The van der Waals surface area contributed by atoms with Gasteiger partial charge in [-0.2, -0.15) is 0 Å². The van der Waals surface area contributed by atoms with Crippen LogP contribution in [0.5, 0.6) is 0 Å². The molecule has 0 aromatic carbocycles. The Balaban J connectivity index is 1.83. The summed E-state index contributed by atoms with van der Waals surface area (Å²) in [6, 6.07) is 0.481. The van der Waals surface area contributed by atoms with Gasteiger partial charge in [-0.3, -0.25) is 4.79 Å². The fourth-order valence-corrected chi connectivity index (χ4v) is 2.70. The molecular formula is C13H24N2O2. The van der Waals surface area contributed by atoms with Gasteiger partial charge in [0.1, 0.15) is 6.10 Å². The topological polar surface area (TPSA) is 41.6 Å². The fraction of sp³-hybridized carbons (Fsp3) is 0.923. The van der Waals surface area contributed by atoms with Crippen LogP contribution >= 0.6 is 0 Å². The molecule has 2 heterocycles. The Morgan fingerprint density at radius 3 is 2.82 bits per heavy atom. The van der Waals surface area contributed by atoms with Gasteiger partial charge in [0.05, 0.1) is 0 Å². The van der Waals surface area contributed by atoms with Crippen molar-refractivity contribution < 1.29 is 9.53 Å². The maximum absolute atomic E-state index is 12.2. The number of piperidine rings is 1. The number of carbonyl (C=O) groups is 1. The average Bonchev–Trinajstić information content (AvgIpc) is 2.90. The van der Waals surface area contributed by atoms with Crippen LogP contribution in [-0.2, 0) is 9.53 Å². The molecule has 4 nitrogen and oxygen atoms in total. The van der Waals surface area contributed by atoms with E-state index in [1.54, 1.807) is 0 Å². The zero-order chi connectivity index (χ0) is 12.1. The summed E-state index contributed by atoms with van der Waals surface area (Å²) < 4.78 is 5.48. The number of nitrogens with zero attached hydrogens (tertiary/aromatic N) is 1. The molecule has 2 aliphatic heterocycles. The molecule has 0 aromatic heterocycles. The minimum absolute atomic E-state index is 0.168. The van der Waals surface area contributed by atoms with E-state index in [1.807, 2.05) is 4.90 Å². The minimum atomic E-state index is -0.168. The third-order valence-electron chi connectivity index (χ3n) is 3.75. The Kier molecular flexibility index (Phi) is 4.80. The molecule has 0 aliphatic carbocycles. The molecule has 2 saturated heterocycles. The summed E-state index contributed by atoms with van der Waals surface area (Å²) >= 11 is 0. The molecule has 2 atom stereocenters. The molecule has 98 valence electrons. The van der Waals surface area contributed by atoms with Crippen molar-refractivity contribution in [2.75, 3.05) is 26.2 Å². The highest BCUT2D eigenvalue weighted by molar-refractivity contribution is 5.81. The van der Waals surface area contributed by atoms with Gasteiger partial charge in [0.25, 0.3) is 5.91 Å². The maximum atomic E-state index is 12.2. The van der Waals surface area contributed by atoms with Gasteiger partial charge in [-0.1, -0.05) is 6.42 Å². The average molecular weight is 240 g/mol. The van der Waals surface area contributed by atoms with E-state index in [-0.39, 0.29) is 12.0 Å². The first-order valence-corrected chi connectivity index (χ1v) is 6.95. The van der Waals surface area contributed by atoms with Gasteiger partial charge in [-0.25, -0.2) is 0 Å². The number of nitrogens with one attached hydrogen (secondary N) is 1. The number of hydrogen-bond acceptors (Lipinski definition) is 3. The zero-order valence-electron chi connectivity index (χ0n) is 10.8. The molecular weight excluding hydrogens is 216 g/mol. The molecule has 2 fully saturated rings. The molecule has 0 bridgehead atoms. The molecule has 1 amide bonds. The van der Waals surface area contributed by atoms with Crippen LogP contribution in [0.15, 0.2) is 0 Å². The van der Waals surface area contributed by atoms with Gasteiger partial charge in [-0.15, -0.1) is 0 Å². The van der Waals surface area contributed by atoms with E-state index < -0.39 is 0 Å². The zero-order valence-corrected chi connectivity index (χ0v) is 10.8. The van der Waals surface area contributed by atoms with Crippen LogP contribution < -0.4 is 5.32 Å². The first-order chi connectivity index (χ1) is 8.31. The second-order valence-electron chi connectivity index (χ2n) is 5.03. The van der Waals surface area contributed by atoms with Crippen LogP contribution in [0.4, 0.5) is 0 Å². The smallest absolute Gasteiger partial charge is 0.251 e. The Morgan fingerprint density at radius 2 is 2.24 bits per heavy atom. The monoisotopic (exact) mass is 240 g/mol. The molecule has 0 saturated carbocycles. The van der Waals surface area contributed by atoms with Crippen LogP contribution in [0.25, 0.3) is 0 Å². The quantitative estimate of drug-likeness (QED) is 0.801. The molecule has 0 aromatic rings. The number of hydrogen-bond donors (Lipinski definition) is 1. The molecule has 1 unspecified atom stereocenters.